The minimum absolute atomic E-state index is 0.0405. The number of sulfonamides is 3. The first-order valence-corrected chi connectivity index (χ1v) is 44.4. The van der Waals surface area contributed by atoms with Crippen molar-refractivity contribution < 1.29 is 39.6 Å². The van der Waals surface area contributed by atoms with Crippen LogP contribution >= 0.6 is 11.6 Å². The molecule has 118 heavy (non-hydrogen) atoms. The first kappa shape index (κ1) is 87.0. The van der Waals surface area contributed by atoms with Gasteiger partial charge in [-0.25, -0.2) is 74.0 Å². The molecule has 3 amide bonds. The van der Waals surface area contributed by atoms with E-state index in [1.54, 1.807) is 104 Å². The molecule has 14 rings (SSSR count). The second-order valence-corrected chi connectivity index (χ2v) is 41.2. The number of anilines is 5. The predicted molar refractivity (Wildman–Crippen MR) is 453 cm³/mol. The summed E-state index contributed by atoms with van der Waals surface area (Å²) in [6, 6.07) is 23.5. The first-order chi connectivity index (χ1) is 55.4. The van der Waals surface area contributed by atoms with Crippen LogP contribution in [0.4, 0.5) is 29.1 Å². The zero-order valence-electron chi connectivity index (χ0n) is 69.3. The molecule has 9 aromatic rings. The second-order valence-electron chi connectivity index (χ2n) is 36.0. The van der Waals surface area contributed by atoms with Crippen LogP contribution in [-0.2, 0) is 46.3 Å². The molecule has 5 aliphatic heterocycles. The molecule has 7 N–H and O–H groups in total. The molecule has 626 valence electrons. The molecule has 3 saturated heterocycles. The Morgan fingerprint density at radius 2 is 0.992 bits per heavy atom. The zero-order valence-corrected chi connectivity index (χ0v) is 72.5. The number of nitrogens with one attached hydrogen (secondary N) is 7. The van der Waals surface area contributed by atoms with Gasteiger partial charge in [0.1, 0.15) is 53.2 Å². The third-order valence-corrected chi connectivity index (χ3v) is 25.9. The summed E-state index contributed by atoms with van der Waals surface area (Å²) < 4.78 is 86.0. The number of aromatic nitrogens is 12. The van der Waals surface area contributed by atoms with Crippen LogP contribution < -0.4 is 45.2 Å². The van der Waals surface area contributed by atoms with Crippen molar-refractivity contribution in [2.45, 2.75) is 228 Å². The highest BCUT2D eigenvalue weighted by molar-refractivity contribution is 7.90. The Hall–Kier alpha value is -10.4. The van der Waals surface area contributed by atoms with Gasteiger partial charge in [0.2, 0.25) is 0 Å². The summed E-state index contributed by atoms with van der Waals surface area (Å²) in [4.78, 5) is 96.4. The molecule has 30 nitrogen and oxygen atoms in total. The number of hydrogen-bond donors (Lipinski definition) is 7. The Morgan fingerprint density at radius 3 is 1.43 bits per heavy atom. The molecular weight excluding hydrogens is 1580 g/mol. The fraction of sp³-hybridized carbons (Fsp3) is 0.464. The van der Waals surface area contributed by atoms with Crippen molar-refractivity contribution in [3.63, 3.8) is 0 Å². The van der Waals surface area contributed by atoms with E-state index in [0.717, 1.165) is 92.4 Å². The SMILES string of the molecule is CC(C)(C)c1ccc2c(n1)N1C[C@@H](CCC(c3cncnc3)Nc3cccc(n3)S(=O)(=O)NC2=O)CC1(C)C.CC(C)(C)c1ccc2c(n1)N1C[C@@H](CCC(c3cncnc3)Nc3cccc(n3)S(=O)(=O)NC2=O)CC1(C)C.CC1(C)C[C@H](CCC(Nc2cccc(S(=O)(=O)NC(=O)c3ccc(C(C)(C)C)nc3Cl)n2)c2cncnc2)CN1. The molecule has 9 aromatic heterocycles. The average molecular weight is 1690 g/mol. The minimum Gasteiger partial charge on any atom is -0.363 e. The summed E-state index contributed by atoms with van der Waals surface area (Å²) in [6.07, 6.45) is 22.9. The van der Waals surface area contributed by atoms with Gasteiger partial charge < -0.3 is 31.1 Å². The van der Waals surface area contributed by atoms with Crippen LogP contribution in [0.5, 0.6) is 0 Å². The van der Waals surface area contributed by atoms with Gasteiger partial charge >= 0.3 is 0 Å². The van der Waals surface area contributed by atoms with Crippen molar-refractivity contribution in [3.8, 4) is 0 Å². The Kier molecular flexibility index (Phi) is 25.5. The van der Waals surface area contributed by atoms with Crippen LogP contribution in [0.25, 0.3) is 0 Å². The molecule has 3 fully saturated rings. The molecule has 6 atom stereocenters. The van der Waals surface area contributed by atoms with E-state index in [1.807, 2.05) is 20.8 Å². The molecule has 3 unspecified atom stereocenters. The van der Waals surface area contributed by atoms with E-state index in [1.165, 1.54) is 43.2 Å². The van der Waals surface area contributed by atoms with Crippen LogP contribution in [0.3, 0.4) is 0 Å². The number of carbonyl (C=O) groups is 3. The lowest BCUT2D eigenvalue weighted by molar-refractivity contribution is 0.0972. The number of amides is 3. The van der Waals surface area contributed by atoms with Crippen molar-refractivity contribution in [2.24, 2.45) is 17.8 Å². The molecule has 0 aliphatic carbocycles. The van der Waals surface area contributed by atoms with Gasteiger partial charge in [0.25, 0.3) is 47.8 Å². The second kappa shape index (κ2) is 34.5. The van der Waals surface area contributed by atoms with Gasteiger partial charge in [-0.3, -0.25) is 14.4 Å². The lowest BCUT2D eigenvalue weighted by Gasteiger charge is -2.34. The van der Waals surface area contributed by atoms with Crippen LogP contribution in [0.15, 0.2) is 162 Å². The van der Waals surface area contributed by atoms with E-state index >= 15 is 0 Å². The van der Waals surface area contributed by atoms with Gasteiger partial charge in [-0.2, -0.15) is 25.3 Å². The van der Waals surface area contributed by atoms with Crippen molar-refractivity contribution in [3.05, 3.63) is 203 Å². The van der Waals surface area contributed by atoms with Crippen molar-refractivity contribution in [1.29, 1.82) is 0 Å². The summed E-state index contributed by atoms with van der Waals surface area (Å²) in [5.74, 6) is 0.981. The average Bonchev–Trinajstić information content (AvgIpc) is 1.34. The predicted octanol–water partition coefficient (Wildman–Crippen LogP) is 13.1. The third kappa shape index (κ3) is 21.2. The molecular formula is C84H106ClN21O9S3. The van der Waals surface area contributed by atoms with E-state index in [9.17, 15) is 39.6 Å². The van der Waals surface area contributed by atoms with Gasteiger partial charge in [0.05, 0.1) is 34.8 Å². The van der Waals surface area contributed by atoms with E-state index in [-0.39, 0.29) is 87.9 Å². The molecule has 0 aromatic carbocycles. The highest BCUT2D eigenvalue weighted by Crippen LogP contribution is 2.44. The number of pyridine rings is 6. The van der Waals surface area contributed by atoms with Crippen molar-refractivity contribution in [2.75, 3.05) is 45.4 Å². The monoisotopic (exact) mass is 1680 g/mol. The molecule has 14 heterocycles. The van der Waals surface area contributed by atoms with Gasteiger partial charge in [0, 0.05) is 117 Å². The number of nitrogens with zero attached hydrogens (tertiary/aromatic N) is 14. The van der Waals surface area contributed by atoms with Gasteiger partial charge in [-0.05, 0) is 196 Å². The maximum Gasteiger partial charge on any atom is 0.281 e. The highest BCUT2D eigenvalue weighted by atomic mass is 35.5. The summed E-state index contributed by atoms with van der Waals surface area (Å²) in [7, 11) is -12.8. The number of carbonyl (C=O) groups excluding carboxylic acids is 3. The normalized spacial score (nSPS) is 21.0. The molecule has 5 aliphatic rings. The molecule has 34 heteroatoms. The van der Waals surface area contributed by atoms with E-state index in [4.69, 9.17) is 21.6 Å². The van der Waals surface area contributed by atoms with Gasteiger partial charge in [0.15, 0.2) is 15.1 Å². The fourth-order valence-corrected chi connectivity index (χ4v) is 18.8. The number of fused-ring (bicyclic) bond motifs is 12. The standard InChI is InChI=1S/C28H36ClN7O3S.2C28H35N7O3S/c1-27(2,3)22-12-10-20(25(29)34-22)26(37)36-40(38,39)24-8-6-7-23(35-24)33-21(19-15-30-17-31-16-19)11-9-18-13-28(4,5)32-14-18;2*1-27(2,3)22-12-10-20-25(32-22)35-16-18(13-28(35,4)5)9-11-21(19-14-29-17-30-15-19)31-23-7-6-8-24(33-23)39(37,38)34-26(20)36/h6-8,10,12,15-18,21,32H,9,11,13-14H2,1-5H3,(H,33,35)(H,36,37);2*6-8,10,12,14-15,17-18,21H,9,11,13,16H2,1-5H3,(H,31,33)(H,34,36)/t3*18-,21?/m000/s1. The fourth-order valence-electron chi connectivity index (χ4n) is 15.7. The Morgan fingerprint density at radius 1 is 0.551 bits per heavy atom. The zero-order chi connectivity index (χ0) is 85.1. The number of rotatable bonds is 11. The third-order valence-electron chi connectivity index (χ3n) is 21.9. The maximum absolute atomic E-state index is 13.5. The molecule has 0 radical (unpaired) electrons. The van der Waals surface area contributed by atoms with E-state index in [0.29, 0.717) is 65.6 Å². The summed E-state index contributed by atoms with van der Waals surface area (Å²) in [5, 5.41) is 12.8. The van der Waals surface area contributed by atoms with Crippen molar-refractivity contribution in [1.82, 2.24) is 79.3 Å². The topological polar surface area (TPSA) is 399 Å². The van der Waals surface area contributed by atoms with E-state index in [2.05, 4.69) is 178 Å². The van der Waals surface area contributed by atoms with Gasteiger partial charge in [-0.1, -0.05) is 92.1 Å². The highest BCUT2D eigenvalue weighted by Gasteiger charge is 2.44. The lowest BCUT2D eigenvalue weighted by Crippen LogP contribution is -2.41. The smallest absolute Gasteiger partial charge is 0.281 e. The van der Waals surface area contributed by atoms with Crippen LogP contribution in [-0.4, -0.2) is 139 Å². The summed E-state index contributed by atoms with van der Waals surface area (Å²) in [5.41, 5.74) is 4.17. The van der Waals surface area contributed by atoms with Gasteiger partial charge in [-0.15, -0.1) is 0 Å². The Bertz CT molecular complexity index is 5280. The molecule has 0 spiro atoms. The summed E-state index contributed by atoms with van der Waals surface area (Å²) >= 11 is 6.23. The molecule has 0 saturated carbocycles. The minimum atomic E-state index is -4.29. The lowest BCUT2D eigenvalue weighted by atomic mass is 9.90. The van der Waals surface area contributed by atoms with E-state index < -0.39 is 47.8 Å². The van der Waals surface area contributed by atoms with Crippen LogP contribution in [0.1, 0.15) is 245 Å². The van der Waals surface area contributed by atoms with Crippen molar-refractivity contribution >= 4 is 88.5 Å². The first-order valence-electron chi connectivity index (χ1n) is 39.6. The summed E-state index contributed by atoms with van der Waals surface area (Å²) in [6.45, 7) is 33.6. The Balaban J connectivity index is 0.000000163. The Labute approximate surface area is 696 Å². The quantitative estimate of drug-likeness (QED) is 0.0591. The number of hydrogen-bond acceptors (Lipinski definition) is 27. The number of halogens is 1. The maximum atomic E-state index is 13.5. The molecule has 8 bridgehead atoms. The van der Waals surface area contributed by atoms with Crippen LogP contribution in [0.2, 0.25) is 5.15 Å². The largest absolute Gasteiger partial charge is 0.363 e. The van der Waals surface area contributed by atoms with Crippen LogP contribution in [0, 0.1) is 17.8 Å².